The summed E-state index contributed by atoms with van der Waals surface area (Å²) in [6, 6.07) is 3.87. The van der Waals surface area contributed by atoms with Crippen molar-refractivity contribution in [2.75, 3.05) is 20.1 Å². The highest BCUT2D eigenvalue weighted by atomic mass is 16.2. The Morgan fingerprint density at radius 1 is 1.30 bits per heavy atom. The molecule has 0 fully saturated rings. The number of hydrogen-bond donors (Lipinski definition) is 1. The summed E-state index contributed by atoms with van der Waals surface area (Å²) in [5.41, 5.74) is 1.15. The van der Waals surface area contributed by atoms with Crippen LogP contribution >= 0.6 is 0 Å². The Morgan fingerprint density at radius 2 is 2.00 bits per heavy atom. The Morgan fingerprint density at radius 3 is 2.65 bits per heavy atom. The number of likely N-dealkylation sites (N-methyl/N-ethyl adjacent to an activating group) is 1. The van der Waals surface area contributed by atoms with Gasteiger partial charge in [-0.25, -0.2) is 0 Å². The molecular formula is C15H23N3O2. The van der Waals surface area contributed by atoms with E-state index in [9.17, 15) is 9.59 Å². The molecule has 1 N–H and O–H groups in total. The van der Waals surface area contributed by atoms with Crippen molar-refractivity contribution in [1.82, 2.24) is 15.2 Å². The Kier molecular flexibility index (Phi) is 7.32. The number of rotatable bonds is 8. The van der Waals surface area contributed by atoms with Crippen LogP contribution < -0.4 is 5.32 Å². The standard InChI is InChI=1S/C15H23N3O2/c1-3-4-5-14(19)17-12-15(20)18(2)11-8-13-6-9-16-10-7-13/h6-7,9-10H,3-5,8,11-12H2,1-2H3,(H,17,19). The number of nitrogens with one attached hydrogen (secondary N) is 1. The van der Waals surface area contributed by atoms with Crippen LogP contribution in [-0.2, 0) is 16.0 Å². The molecule has 1 aromatic rings. The van der Waals surface area contributed by atoms with E-state index >= 15 is 0 Å². The maximum Gasteiger partial charge on any atom is 0.241 e. The van der Waals surface area contributed by atoms with Crippen LogP contribution in [0.15, 0.2) is 24.5 Å². The zero-order valence-corrected chi connectivity index (χ0v) is 12.3. The third-order valence-electron chi connectivity index (χ3n) is 3.11. The van der Waals surface area contributed by atoms with Gasteiger partial charge in [-0.3, -0.25) is 14.6 Å². The summed E-state index contributed by atoms with van der Waals surface area (Å²) >= 11 is 0. The Balaban J connectivity index is 2.24. The largest absolute Gasteiger partial charge is 0.347 e. The molecule has 0 saturated carbocycles. The maximum absolute atomic E-state index is 11.8. The summed E-state index contributed by atoms with van der Waals surface area (Å²) in [6.07, 6.45) is 6.60. The van der Waals surface area contributed by atoms with E-state index in [-0.39, 0.29) is 18.4 Å². The van der Waals surface area contributed by atoms with Gasteiger partial charge in [0.2, 0.25) is 11.8 Å². The molecule has 2 amide bonds. The second-order valence-corrected chi connectivity index (χ2v) is 4.80. The number of unbranched alkanes of at least 4 members (excludes halogenated alkanes) is 1. The first-order valence-electron chi connectivity index (χ1n) is 7.03. The zero-order chi connectivity index (χ0) is 14.8. The van der Waals surface area contributed by atoms with Gasteiger partial charge in [-0.05, 0) is 30.5 Å². The number of carbonyl (C=O) groups is 2. The van der Waals surface area contributed by atoms with Gasteiger partial charge in [0, 0.05) is 32.4 Å². The highest BCUT2D eigenvalue weighted by molar-refractivity contribution is 5.84. The lowest BCUT2D eigenvalue weighted by Gasteiger charge is -2.17. The fourth-order valence-electron chi connectivity index (χ4n) is 1.71. The summed E-state index contributed by atoms with van der Waals surface area (Å²) in [7, 11) is 1.75. The fraction of sp³-hybridized carbons (Fsp3) is 0.533. The smallest absolute Gasteiger partial charge is 0.241 e. The van der Waals surface area contributed by atoms with Crippen molar-refractivity contribution >= 4 is 11.8 Å². The van der Waals surface area contributed by atoms with Gasteiger partial charge in [-0.2, -0.15) is 0 Å². The van der Waals surface area contributed by atoms with Crippen molar-refractivity contribution < 1.29 is 9.59 Å². The van der Waals surface area contributed by atoms with Crippen molar-refractivity contribution in [2.45, 2.75) is 32.6 Å². The van der Waals surface area contributed by atoms with Gasteiger partial charge in [0.25, 0.3) is 0 Å². The van der Waals surface area contributed by atoms with Crippen LogP contribution in [0, 0.1) is 0 Å². The van der Waals surface area contributed by atoms with Gasteiger partial charge < -0.3 is 10.2 Å². The molecule has 0 atom stereocenters. The molecule has 5 heteroatoms. The first-order chi connectivity index (χ1) is 9.63. The van der Waals surface area contributed by atoms with Crippen molar-refractivity contribution in [1.29, 1.82) is 0 Å². The van der Waals surface area contributed by atoms with Crippen LogP contribution in [0.25, 0.3) is 0 Å². The number of nitrogens with zero attached hydrogens (tertiary/aromatic N) is 2. The molecule has 0 bridgehead atoms. The molecule has 0 aliphatic carbocycles. The van der Waals surface area contributed by atoms with E-state index in [1.54, 1.807) is 24.3 Å². The van der Waals surface area contributed by atoms with Crippen molar-refractivity contribution in [3.05, 3.63) is 30.1 Å². The molecule has 1 heterocycles. The van der Waals surface area contributed by atoms with Crippen LogP contribution in [0.5, 0.6) is 0 Å². The maximum atomic E-state index is 11.8. The van der Waals surface area contributed by atoms with Gasteiger partial charge in [0.05, 0.1) is 6.54 Å². The normalized spacial score (nSPS) is 10.1. The SMILES string of the molecule is CCCCC(=O)NCC(=O)N(C)CCc1ccncc1. The second kappa shape index (κ2) is 9.07. The van der Waals surface area contributed by atoms with E-state index in [2.05, 4.69) is 10.3 Å². The van der Waals surface area contributed by atoms with Crippen LogP contribution in [0.1, 0.15) is 31.7 Å². The number of pyridine rings is 1. The highest BCUT2D eigenvalue weighted by Crippen LogP contribution is 1.99. The quantitative estimate of drug-likeness (QED) is 0.781. The van der Waals surface area contributed by atoms with Crippen molar-refractivity contribution in [3.8, 4) is 0 Å². The van der Waals surface area contributed by atoms with Gasteiger partial charge in [0.15, 0.2) is 0 Å². The first-order valence-corrected chi connectivity index (χ1v) is 7.03. The number of aromatic nitrogens is 1. The number of amides is 2. The summed E-state index contributed by atoms with van der Waals surface area (Å²) in [5, 5.41) is 2.66. The monoisotopic (exact) mass is 277 g/mol. The lowest BCUT2D eigenvalue weighted by atomic mass is 10.2. The van der Waals surface area contributed by atoms with E-state index in [4.69, 9.17) is 0 Å². The van der Waals surface area contributed by atoms with E-state index in [0.29, 0.717) is 13.0 Å². The summed E-state index contributed by atoms with van der Waals surface area (Å²) in [5.74, 6) is -0.119. The molecule has 0 radical (unpaired) electrons. The van der Waals surface area contributed by atoms with Crippen LogP contribution in [0.4, 0.5) is 0 Å². The summed E-state index contributed by atoms with van der Waals surface area (Å²) in [4.78, 5) is 28.9. The minimum absolute atomic E-state index is 0.0530. The van der Waals surface area contributed by atoms with Crippen LogP contribution in [-0.4, -0.2) is 41.8 Å². The Bertz CT molecular complexity index is 420. The molecule has 0 aliphatic rings. The summed E-state index contributed by atoms with van der Waals surface area (Å²) in [6.45, 7) is 2.74. The average molecular weight is 277 g/mol. The molecule has 0 aromatic carbocycles. The van der Waals surface area contributed by atoms with Crippen LogP contribution in [0.3, 0.4) is 0 Å². The summed E-state index contributed by atoms with van der Waals surface area (Å²) < 4.78 is 0. The van der Waals surface area contributed by atoms with E-state index in [0.717, 1.165) is 24.8 Å². The molecule has 0 aliphatic heterocycles. The Labute approximate surface area is 120 Å². The van der Waals surface area contributed by atoms with Crippen LogP contribution in [0.2, 0.25) is 0 Å². The van der Waals surface area contributed by atoms with E-state index in [1.807, 2.05) is 19.1 Å². The Hall–Kier alpha value is -1.91. The molecule has 0 saturated heterocycles. The third kappa shape index (κ3) is 6.31. The molecule has 1 rings (SSSR count). The van der Waals surface area contributed by atoms with Crippen molar-refractivity contribution in [3.63, 3.8) is 0 Å². The predicted octanol–water partition coefficient (Wildman–Crippen LogP) is 1.39. The molecule has 5 nitrogen and oxygen atoms in total. The molecule has 20 heavy (non-hydrogen) atoms. The van der Waals surface area contributed by atoms with Gasteiger partial charge in [-0.15, -0.1) is 0 Å². The van der Waals surface area contributed by atoms with E-state index < -0.39 is 0 Å². The predicted molar refractivity (Wildman–Crippen MR) is 78.1 cm³/mol. The third-order valence-corrected chi connectivity index (χ3v) is 3.11. The lowest BCUT2D eigenvalue weighted by molar-refractivity contribution is -0.131. The lowest BCUT2D eigenvalue weighted by Crippen LogP contribution is -2.38. The topological polar surface area (TPSA) is 62.3 Å². The molecular weight excluding hydrogens is 254 g/mol. The highest BCUT2D eigenvalue weighted by Gasteiger charge is 2.10. The molecule has 0 spiro atoms. The minimum Gasteiger partial charge on any atom is -0.347 e. The molecule has 1 aromatic heterocycles. The molecule has 110 valence electrons. The number of hydrogen-bond acceptors (Lipinski definition) is 3. The van der Waals surface area contributed by atoms with E-state index in [1.165, 1.54) is 0 Å². The van der Waals surface area contributed by atoms with Gasteiger partial charge in [0.1, 0.15) is 0 Å². The van der Waals surface area contributed by atoms with Crippen molar-refractivity contribution in [2.24, 2.45) is 0 Å². The van der Waals surface area contributed by atoms with Gasteiger partial charge in [-0.1, -0.05) is 13.3 Å². The molecule has 0 unspecified atom stereocenters. The number of carbonyl (C=O) groups excluding carboxylic acids is 2. The zero-order valence-electron chi connectivity index (χ0n) is 12.3. The minimum atomic E-state index is -0.0658. The fourth-order valence-corrected chi connectivity index (χ4v) is 1.71. The second-order valence-electron chi connectivity index (χ2n) is 4.80. The van der Waals surface area contributed by atoms with Gasteiger partial charge >= 0.3 is 0 Å². The first kappa shape index (κ1) is 16.1. The average Bonchev–Trinajstić information content (AvgIpc) is 2.49.